The molecule has 2 N–H and O–H groups in total. The fraction of sp³-hybridized carbons (Fsp3) is 0.346. The molecule has 0 radical (unpaired) electrons. The Morgan fingerprint density at radius 1 is 1.11 bits per heavy atom. The summed E-state index contributed by atoms with van der Waals surface area (Å²) in [4.78, 5) is 25.5. The second-order valence-corrected chi connectivity index (χ2v) is 9.27. The Morgan fingerprint density at radius 2 is 1.86 bits per heavy atom. The van der Waals surface area contributed by atoms with Gasteiger partial charge in [-0.05, 0) is 67.6 Å². The minimum Gasteiger partial charge on any atom is -0.352 e. The molecule has 0 unspecified atom stereocenters. The van der Waals surface area contributed by atoms with Crippen LogP contribution in [0.5, 0.6) is 0 Å². The Hall–Kier alpha value is -3.62. The standard InChI is InChI=1S/C26H27F3N4O2/c1-15(2)13-30-24(34)18-9-10-22(16(3)11-18)32-25(35)21-14-31-33(23(21)17-7-8-17)20-6-4-5-19(12-20)26(27,28)29/h4-6,9-12,14-15,17H,7-8,13H2,1-3H3,(H,30,34)(H,32,35). The highest BCUT2D eigenvalue weighted by atomic mass is 19.4. The van der Waals surface area contributed by atoms with E-state index in [0.29, 0.717) is 40.5 Å². The van der Waals surface area contributed by atoms with Crippen LogP contribution in [0.25, 0.3) is 5.69 Å². The first-order valence-electron chi connectivity index (χ1n) is 11.5. The fourth-order valence-corrected chi connectivity index (χ4v) is 3.84. The van der Waals surface area contributed by atoms with Gasteiger partial charge in [-0.15, -0.1) is 0 Å². The van der Waals surface area contributed by atoms with Gasteiger partial charge in [-0.1, -0.05) is 19.9 Å². The van der Waals surface area contributed by atoms with Crippen molar-refractivity contribution in [2.24, 2.45) is 5.92 Å². The van der Waals surface area contributed by atoms with Crippen molar-refractivity contribution in [1.82, 2.24) is 15.1 Å². The number of hydrogen-bond acceptors (Lipinski definition) is 3. The Morgan fingerprint density at radius 3 is 2.49 bits per heavy atom. The monoisotopic (exact) mass is 484 g/mol. The van der Waals surface area contributed by atoms with E-state index in [0.717, 1.165) is 25.0 Å². The number of nitrogens with zero attached hydrogens (tertiary/aromatic N) is 2. The molecular formula is C26H27F3N4O2. The van der Waals surface area contributed by atoms with Crippen molar-refractivity contribution in [1.29, 1.82) is 0 Å². The van der Waals surface area contributed by atoms with E-state index in [1.54, 1.807) is 31.2 Å². The molecule has 0 aliphatic heterocycles. The van der Waals surface area contributed by atoms with E-state index in [1.165, 1.54) is 16.9 Å². The van der Waals surface area contributed by atoms with Gasteiger partial charge in [-0.3, -0.25) is 9.59 Å². The average Bonchev–Trinajstić information content (AvgIpc) is 3.55. The van der Waals surface area contributed by atoms with Crippen LogP contribution in [0.4, 0.5) is 18.9 Å². The van der Waals surface area contributed by atoms with Crippen molar-refractivity contribution in [2.75, 3.05) is 11.9 Å². The number of anilines is 1. The quantitative estimate of drug-likeness (QED) is 0.451. The van der Waals surface area contributed by atoms with Crippen LogP contribution in [0.1, 0.15) is 70.1 Å². The molecular weight excluding hydrogens is 457 g/mol. The van der Waals surface area contributed by atoms with E-state index in [1.807, 2.05) is 13.8 Å². The maximum absolute atomic E-state index is 13.2. The third-order valence-electron chi connectivity index (χ3n) is 5.84. The molecule has 0 atom stereocenters. The van der Waals surface area contributed by atoms with Crippen molar-refractivity contribution in [3.05, 3.63) is 76.6 Å². The highest BCUT2D eigenvalue weighted by molar-refractivity contribution is 6.06. The van der Waals surface area contributed by atoms with E-state index in [4.69, 9.17) is 0 Å². The van der Waals surface area contributed by atoms with Crippen LogP contribution in [-0.4, -0.2) is 28.1 Å². The van der Waals surface area contributed by atoms with Crippen LogP contribution in [0.15, 0.2) is 48.7 Å². The smallest absolute Gasteiger partial charge is 0.352 e. The summed E-state index contributed by atoms with van der Waals surface area (Å²) in [6, 6.07) is 9.94. The summed E-state index contributed by atoms with van der Waals surface area (Å²) in [5.41, 5.74) is 2.17. The number of alkyl halides is 3. The maximum atomic E-state index is 13.2. The van der Waals surface area contributed by atoms with Gasteiger partial charge >= 0.3 is 6.18 Å². The van der Waals surface area contributed by atoms with E-state index >= 15 is 0 Å². The van der Waals surface area contributed by atoms with Crippen molar-refractivity contribution >= 4 is 17.5 Å². The topological polar surface area (TPSA) is 76.0 Å². The number of carbonyl (C=O) groups excluding carboxylic acids is 2. The van der Waals surface area contributed by atoms with Crippen molar-refractivity contribution in [3.8, 4) is 5.69 Å². The van der Waals surface area contributed by atoms with Crippen LogP contribution >= 0.6 is 0 Å². The number of benzene rings is 2. The van der Waals surface area contributed by atoms with Crippen LogP contribution in [0.3, 0.4) is 0 Å². The Labute approximate surface area is 201 Å². The van der Waals surface area contributed by atoms with E-state index < -0.39 is 17.6 Å². The summed E-state index contributed by atoms with van der Waals surface area (Å²) in [6.07, 6.45) is -1.40. The molecule has 35 heavy (non-hydrogen) atoms. The van der Waals surface area contributed by atoms with Crippen molar-refractivity contribution in [2.45, 2.75) is 45.7 Å². The molecule has 1 saturated carbocycles. The normalized spacial score (nSPS) is 13.7. The molecule has 184 valence electrons. The number of rotatable bonds is 7. The molecule has 0 bridgehead atoms. The number of carbonyl (C=O) groups is 2. The van der Waals surface area contributed by atoms with Gasteiger partial charge in [-0.25, -0.2) is 4.68 Å². The summed E-state index contributed by atoms with van der Waals surface area (Å²) in [5, 5.41) is 9.99. The molecule has 0 spiro atoms. The zero-order chi connectivity index (χ0) is 25.3. The zero-order valence-electron chi connectivity index (χ0n) is 19.7. The third-order valence-corrected chi connectivity index (χ3v) is 5.84. The van der Waals surface area contributed by atoms with Gasteiger partial charge in [0.1, 0.15) is 0 Å². The lowest BCUT2D eigenvalue weighted by atomic mass is 10.1. The summed E-state index contributed by atoms with van der Waals surface area (Å²) in [5.74, 6) is -0.194. The Kier molecular flexibility index (Phi) is 6.69. The molecule has 2 amide bonds. The zero-order valence-corrected chi connectivity index (χ0v) is 19.7. The predicted molar refractivity (Wildman–Crippen MR) is 127 cm³/mol. The van der Waals surface area contributed by atoms with Gasteiger partial charge in [-0.2, -0.15) is 18.3 Å². The van der Waals surface area contributed by atoms with Crippen LogP contribution in [0, 0.1) is 12.8 Å². The van der Waals surface area contributed by atoms with Crippen molar-refractivity contribution in [3.63, 3.8) is 0 Å². The number of amides is 2. The molecule has 1 fully saturated rings. The Bertz CT molecular complexity index is 1260. The lowest BCUT2D eigenvalue weighted by molar-refractivity contribution is -0.137. The predicted octanol–water partition coefficient (Wildman–Crippen LogP) is 5.72. The van der Waals surface area contributed by atoms with E-state index in [9.17, 15) is 22.8 Å². The minimum atomic E-state index is -4.47. The fourth-order valence-electron chi connectivity index (χ4n) is 3.84. The largest absolute Gasteiger partial charge is 0.416 e. The highest BCUT2D eigenvalue weighted by Gasteiger charge is 2.34. The molecule has 1 aliphatic carbocycles. The number of nitrogens with one attached hydrogen (secondary N) is 2. The average molecular weight is 485 g/mol. The first-order chi connectivity index (χ1) is 16.5. The summed E-state index contributed by atoms with van der Waals surface area (Å²) >= 11 is 0. The molecule has 6 nitrogen and oxygen atoms in total. The van der Waals surface area contributed by atoms with Gasteiger partial charge < -0.3 is 10.6 Å². The highest BCUT2D eigenvalue weighted by Crippen LogP contribution is 2.43. The third kappa shape index (κ3) is 5.55. The van der Waals surface area contributed by atoms with E-state index in [-0.39, 0.29) is 17.5 Å². The molecule has 1 heterocycles. The first-order valence-corrected chi connectivity index (χ1v) is 11.5. The SMILES string of the molecule is Cc1cc(C(=O)NCC(C)C)ccc1NC(=O)c1cnn(-c2cccc(C(F)(F)F)c2)c1C1CC1. The molecule has 1 aromatic heterocycles. The lowest BCUT2D eigenvalue weighted by Gasteiger charge is -2.13. The lowest BCUT2D eigenvalue weighted by Crippen LogP contribution is -2.27. The molecule has 3 aromatic rings. The second kappa shape index (κ2) is 9.56. The first kappa shape index (κ1) is 24.5. The van der Waals surface area contributed by atoms with Crippen molar-refractivity contribution < 1.29 is 22.8 Å². The number of halogens is 3. The van der Waals surface area contributed by atoms with Gasteiger partial charge in [0.25, 0.3) is 11.8 Å². The minimum absolute atomic E-state index is 0.0564. The van der Waals surface area contributed by atoms with E-state index in [2.05, 4.69) is 15.7 Å². The summed E-state index contributed by atoms with van der Waals surface area (Å²) in [6.45, 7) is 6.38. The summed E-state index contributed by atoms with van der Waals surface area (Å²) < 4.78 is 41.0. The second-order valence-electron chi connectivity index (χ2n) is 9.27. The number of aromatic nitrogens is 2. The van der Waals surface area contributed by atoms with Gasteiger partial charge in [0.05, 0.1) is 28.7 Å². The molecule has 9 heteroatoms. The van der Waals surface area contributed by atoms with Gasteiger partial charge in [0, 0.05) is 23.7 Å². The van der Waals surface area contributed by atoms with Crippen LogP contribution < -0.4 is 10.6 Å². The Balaban J connectivity index is 1.58. The van der Waals surface area contributed by atoms with Crippen LogP contribution in [-0.2, 0) is 6.18 Å². The maximum Gasteiger partial charge on any atom is 0.416 e. The van der Waals surface area contributed by atoms with Gasteiger partial charge in [0.2, 0.25) is 0 Å². The molecule has 0 saturated heterocycles. The molecule has 1 aliphatic rings. The number of aryl methyl sites for hydroxylation is 1. The van der Waals surface area contributed by atoms with Gasteiger partial charge in [0.15, 0.2) is 0 Å². The number of hydrogen-bond donors (Lipinski definition) is 2. The van der Waals surface area contributed by atoms with Crippen LogP contribution in [0.2, 0.25) is 0 Å². The molecule has 2 aromatic carbocycles. The summed E-state index contributed by atoms with van der Waals surface area (Å²) in [7, 11) is 0. The molecule has 4 rings (SSSR count).